The first-order valence-corrected chi connectivity index (χ1v) is 10.2. The van der Waals surface area contributed by atoms with Crippen molar-refractivity contribution in [3.8, 4) is 5.69 Å². The quantitative estimate of drug-likeness (QED) is 0.478. The molecule has 1 aromatic heterocycles. The number of hydrogen-bond donors (Lipinski definition) is 3. The third-order valence-electron chi connectivity index (χ3n) is 4.03. The minimum Gasteiger partial charge on any atom is -0.444 e. The molecule has 30 heavy (non-hydrogen) atoms. The number of para-hydroxylation sites is 1. The minimum absolute atomic E-state index is 0.440. The molecule has 1 amide bonds. The van der Waals surface area contributed by atoms with Crippen LogP contribution < -0.4 is 16.0 Å². The molecule has 1 aromatic carbocycles. The topological polar surface area (TPSA) is 92.6 Å². The van der Waals surface area contributed by atoms with Gasteiger partial charge >= 0.3 is 6.09 Å². The Morgan fingerprint density at radius 1 is 1.13 bits per heavy atom. The van der Waals surface area contributed by atoms with Crippen LogP contribution in [0.2, 0.25) is 0 Å². The average Bonchev–Trinajstić information content (AvgIpc) is 3.16. The summed E-state index contributed by atoms with van der Waals surface area (Å²) in [4.78, 5) is 16.8. The molecule has 0 unspecified atom stereocenters. The lowest BCUT2D eigenvalue weighted by molar-refractivity contribution is 0.0474. The van der Waals surface area contributed by atoms with Gasteiger partial charge in [0, 0.05) is 25.5 Å². The van der Waals surface area contributed by atoms with Gasteiger partial charge in [-0.2, -0.15) is 5.10 Å². The van der Waals surface area contributed by atoms with Gasteiger partial charge in [0.25, 0.3) is 0 Å². The van der Waals surface area contributed by atoms with Crippen molar-refractivity contribution in [3.63, 3.8) is 0 Å². The summed E-state index contributed by atoms with van der Waals surface area (Å²) in [6.45, 7) is 13.1. The Bertz CT molecular complexity index is 838. The van der Waals surface area contributed by atoms with Gasteiger partial charge in [0.2, 0.25) is 0 Å². The molecule has 8 nitrogen and oxygen atoms in total. The molecule has 0 aliphatic rings. The Labute approximate surface area is 179 Å². The van der Waals surface area contributed by atoms with E-state index < -0.39 is 17.2 Å². The molecule has 164 valence electrons. The zero-order chi connectivity index (χ0) is 22.2. The molecule has 8 heteroatoms. The summed E-state index contributed by atoms with van der Waals surface area (Å²) in [7, 11) is 0. The van der Waals surface area contributed by atoms with E-state index >= 15 is 0 Å². The van der Waals surface area contributed by atoms with E-state index in [1.807, 2.05) is 82.8 Å². The van der Waals surface area contributed by atoms with E-state index in [4.69, 9.17) is 9.73 Å². The number of aliphatic imine (C=N–C) groups is 1. The first-order valence-electron chi connectivity index (χ1n) is 10.2. The summed E-state index contributed by atoms with van der Waals surface area (Å²) >= 11 is 0. The molecule has 0 saturated carbocycles. The van der Waals surface area contributed by atoms with Gasteiger partial charge in [-0.05, 0) is 59.2 Å². The Morgan fingerprint density at radius 2 is 1.87 bits per heavy atom. The fourth-order valence-corrected chi connectivity index (χ4v) is 2.71. The van der Waals surface area contributed by atoms with E-state index in [1.165, 1.54) is 0 Å². The highest BCUT2D eigenvalue weighted by atomic mass is 16.6. The maximum absolute atomic E-state index is 12.1. The summed E-state index contributed by atoms with van der Waals surface area (Å²) in [5, 5.41) is 13.8. The molecule has 2 aromatic rings. The summed E-state index contributed by atoms with van der Waals surface area (Å²) in [6.07, 6.45) is 3.23. The van der Waals surface area contributed by atoms with Gasteiger partial charge in [-0.15, -0.1) is 0 Å². The van der Waals surface area contributed by atoms with E-state index in [-0.39, 0.29) is 0 Å². The van der Waals surface area contributed by atoms with Gasteiger partial charge < -0.3 is 20.7 Å². The molecule has 0 spiro atoms. The molecule has 0 aliphatic heterocycles. The van der Waals surface area contributed by atoms with Crippen LogP contribution >= 0.6 is 0 Å². The van der Waals surface area contributed by atoms with Crippen molar-refractivity contribution in [1.29, 1.82) is 0 Å². The smallest absolute Gasteiger partial charge is 0.408 e. The number of nitrogens with one attached hydrogen (secondary N) is 3. The molecule has 1 heterocycles. The highest BCUT2D eigenvalue weighted by Gasteiger charge is 2.24. The number of guanidine groups is 1. The number of alkyl carbamates (subject to hydrolysis) is 1. The second kappa shape index (κ2) is 10.1. The third-order valence-corrected chi connectivity index (χ3v) is 4.03. The van der Waals surface area contributed by atoms with Crippen molar-refractivity contribution in [1.82, 2.24) is 25.7 Å². The minimum atomic E-state index is -0.536. The van der Waals surface area contributed by atoms with Gasteiger partial charge in [0.05, 0.1) is 17.8 Å². The van der Waals surface area contributed by atoms with Crippen LogP contribution in [0.15, 0.2) is 47.7 Å². The van der Waals surface area contributed by atoms with E-state index in [2.05, 4.69) is 21.0 Å². The van der Waals surface area contributed by atoms with Crippen molar-refractivity contribution < 1.29 is 9.53 Å². The average molecular weight is 415 g/mol. The molecule has 2 rings (SSSR count). The van der Waals surface area contributed by atoms with Crippen molar-refractivity contribution >= 4 is 12.1 Å². The van der Waals surface area contributed by atoms with Crippen molar-refractivity contribution in [3.05, 3.63) is 48.3 Å². The molecule has 0 radical (unpaired) electrons. The van der Waals surface area contributed by atoms with Gasteiger partial charge in [0.15, 0.2) is 5.96 Å². The van der Waals surface area contributed by atoms with Gasteiger partial charge in [-0.3, -0.25) is 0 Å². The zero-order valence-electron chi connectivity index (χ0n) is 18.8. The maximum atomic E-state index is 12.1. The van der Waals surface area contributed by atoms with Crippen molar-refractivity contribution in [2.75, 3.05) is 13.1 Å². The Balaban J connectivity index is 2.02. The Kier molecular flexibility index (Phi) is 7.86. The lowest BCUT2D eigenvalue weighted by atomic mass is 10.1. The highest BCUT2D eigenvalue weighted by Crippen LogP contribution is 2.14. The van der Waals surface area contributed by atoms with E-state index in [0.29, 0.717) is 19.0 Å². The zero-order valence-corrected chi connectivity index (χ0v) is 18.8. The maximum Gasteiger partial charge on any atom is 0.408 e. The number of ether oxygens (including phenoxy) is 1. The molecular formula is C22H34N6O2. The SMILES string of the molecule is CCNC(=NCc1ccccc1-n1cccn1)NCC(C)(C)NC(=O)OC(C)(C)C. The van der Waals surface area contributed by atoms with Crippen LogP contribution in [0.4, 0.5) is 4.79 Å². The van der Waals surface area contributed by atoms with Gasteiger partial charge in [-0.25, -0.2) is 14.5 Å². The van der Waals surface area contributed by atoms with Crippen LogP contribution in [0.25, 0.3) is 5.69 Å². The van der Waals surface area contributed by atoms with Crippen LogP contribution in [0.5, 0.6) is 0 Å². The number of carbonyl (C=O) groups excluding carboxylic acids is 1. The summed E-state index contributed by atoms with van der Waals surface area (Å²) in [5.41, 5.74) is 0.996. The predicted molar refractivity (Wildman–Crippen MR) is 120 cm³/mol. The Hall–Kier alpha value is -3.03. The standard InChI is InChI=1S/C22H34N6O2/c1-7-23-19(25-16-22(5,6)27-20(29)30-21(2,3)4)24-15-17-11-8-9-12-18(17)28-14-10-13-26-28/h8-14H,7,15-16H2,1-6H3,(H,27,29)(H2,23,24,25). The van der Waals surface area contributed by atoms with Gasteiger partial charge in [-0.1, -0.05) is 18.2 Å². The van der Waals surface area contributed by atoms with Crippen LogP contribution in [-0.2, 0) is 11.3 Å². The van der Waals surface area contributed by atoms with Crippen LogP contribution in [0.3, 0.4) is 0 Å². The number of amides is 1. The highest BCUT2D eigenvalue weighted by molar-refractivity contribution is 5.80. The first-order chi connectivity index (χ1) is 14.1. The summed E-state index contributed by atoms with van der Waals surface area (Å²) < 4.78 is 7.18. The number of hydrogen-bond acceptors (Lipinski definition) is 4. The van der Waals surface area contributed by atoms with Crippen LogP contribution in [-0.4, -0.2) is 46.1 Å². The second-order valence-corrected chi connectivity index (χ2v) is 8.64. The molecule has 0 fully saturated rings. The molecule has 0 saturated heterocycles. The number of carbonyl (C=O) groups is 1. The predicted octanol–water partition coefficient (Wildman–Crippen LogP) is 3.23. The first kappa shape index (κ1) is 23.3. The number of rotatable bonds is 7. The van der Waals surface area contributed by atoms with Crippen LogP contribution in [0, 0.1) is 0 Å². The fourth-order valence-electron chi connectivity index (χ4n) is 2.71. The lowest BCUT2D eigenvalue weighted by Gasteiger charge is -2.29. The normalized spacial score (nSPS) is 12.4. The summed E-state index contributed by atoms with van der Waals surface area (Å²) in [5.74, 6) is 0.673. The Morgan fingerprint density at radius 3 is 2.50 bits per heavy atom. The van der Waals surface area contributed by atoms with E-state index in [9.17, 15) is 4.79 Å². The van der Waals surface area contributed by atoms with Crippen molar-refractivity contribution in [2.45, 2.75) is 59.2 Å². The van der Waals surface area contributed by atoms with E-state index in [0.717, 1.165) is 17.8 Å². The summed E-state index contributed by atoms with van der Waals surface area (Å²) in [6, 6.07) is 9.93. The monoisotopic (exact) mass is 414 g/mol. The molecular weight excluding hydrogens is 380 g/mol. The largest absolute Gasteiger partial charge is 0.444 e. The van der Waals surface area contributed by atoms with Crippen molar-refractivity contribution in [2.24, 2.45) is 4.99 Å². The number of benzene rings is 1. The van der Waals surface area contributed by atoms with Gasteiger partial charge in [0.1, 0.15) is 5.60 Å². The lowest BCUT2D eigenvalue weighted by Crippen LogP contribution is -2.54. The molecule has 0 atom stereocenters. The molecule has 0 aliphatic carbocycles. The molecule has 0 bridgehead atoms. The van der Waals surface area contributed by atoms with Crippen LogP contribution in [0.1, 0.15) is 47.1 Å². The van der Waals surface area contributed by atoms with E-state index in [1.54, 1.807) is 6.20 Å². The second-order valence-electron chi connectivity index (χ2n) is 8.64. The third kappa shape index (κ3) is 7.77. The molecule has 3 N–H and O–H groups in total. The number of nitrogens with zero attached hydrogens (tertiary/aromatic N) is 3. The number of aromatic nitrogens is 2. The fraction of sp³-hybridized carbons (Fsp3) is 0.500.